The molecule has 0 spiro atoms. The summed E-state index contributed by atoms with van der Waals surface area (Å²) >= 11 is 1.84. The largest absolute Gasteiger partial charge is 0.456 e. The van der Waals surface area contributed by atoms with Gasteiger partial charge in [0.25, 0.3) is 0 Å². The van der Waals surface area contributed by atoms with Crippen LogP contribution in [0.1, 0.15) is 29.0 Å². The molecule has 0 fully saturated rings. The molecule has 11 aromatic rings. The summed E-state index contributed by atoms with van der Waals surface area (Å²) in [4.78, 5) is 7.71. The molecule has 280 valence electrons. The van der Waals surface area contributed by atoms with Crippen LogP contribution in [-0.4, -0.2) is 5.84 Å². The summed E-state index contributed by atoms with van der Waals surface area (Å²) in [5.41, 5.74) is 8.12. The number of hydrogen-bond acceptors (Lipinski definition) is 6. The second kappa shape index (κ2) is 13.7. The van der Waals surface area contributed by atoms with Gasteiger partial charge in [0.05, 0.1) is 0 Å². The van der Waals surface area contributed by atoms with Crippen molar-refractivity contribution >= 4 is 97.9 Å². The molecule has 6 heteroatoms. The Hall–Kier alpha value is -7.25. The van der Waals surface area contributed by atoms with Crippen molar-refractivity contribution in [3.8, 4) is 0 Å². The fourth-order valence-corrected chi connectivity index (χ4v) is 10.2. The smallest absolute Gasteiger partial charge is 0.137 e. The van der Waals surface area contributed by atoms with Crippen LogP contribution in [0.5, 0.6) is 0 Å². The maximum atomic E-state index is 6.76. The quantitative estimate of drug-likeness (QED) is 0.165. The van der Waals surface area contributed by atoms with Crippen molar-refractivity contribution in [1.29, 1.82) is 0 Å². The van der Waals surface area contributed by atoms with Gasteiger partial charge in [-0.3, -0.25) is 5.32 Å². The van der Waals surface area contributed by atoms with Crippen LogP contribution >= 0.6 is 11.3 Å². The van der Waals surface area contributed by atoms with E-state index in [1.54, 1.807) is 0 Å². The van der Waals surface area contributed by atoms with E-state index in [9.17, 15) is 0 Å². The first-order chi connectivity index (χ1) is 29.2. The van der Waals surface area contributed by atoms with E-state index in [0.29, 0.717) is 0 Å². The Morgan fingerprint density at radius 3 is 2.02 bits per heavy atom. The van der Waals surface area contributed by atoms with E-state index in [4.69, 9.17) is 9.41 Å². The third kappa shape index (κ3) is 5.68. The molecule has 0 amide bonds. The Labute approximate surface area is 344 Å². The highest BCUT2D eigenvalue weighted by Crippen LogP contribution is 2.43. The minimum Gasteiger partial charge on any atom is -0.456 e. The molecule has 2 atom stereocenters. The van der Waals surface area contributed by atoms with Crippen molar-refractivity contribution in [3.05, 3.63) is 211 Å². The average Bonchev–Trinajstić information content (AvgIpc) is 3.87. The van der Waals surface area contributed by atoms with E-state index in [0.717, 1.165) is 56.0 Å². The molecule has 3 heterocycles. The van der Waals surface area contributed by atoms with Gasteiger partial charge in [0.1, 0.15) is 29.3 Å². The van der Waals surface area contributed by atoms with Crippen molar-refractivity contribution in [3.63, 3.8) is 0 Å². The maximum Gasteiger partial charge on any atom is 0.137 e. The Kier molecular flexibility index (Phi) is 7.86. The molecule has 12 rings (SSSR count). The summed E-state index contributed by atoms with van der Waals surface area (Å²) in [6, 6.07) is 69.1. The zero-order chi connectivity index (χ0) is 38.9. The maximum absolute atomic E-state index is 6.76. The van der Waals surface area contributed by atoms with Crippen molar-refractivity contribution in [2.45, 2.75) is 12.3 Å². The van der Waals surface area contributed by atoms with Crippen LogP contribution < -0.4 is 15.5 Å². The molecule has 1 aliphatic heterocycles. The van der Waals surface area contributed by atoms with Gasteiger partial charge in [0, 0.05) is 59.6 Å². The summed E-state index contributed by atoms with van der Waals surface area (Å²) in [7, 11) is 0. The Morgan fingerprint density at radius 1 is 0.492 bits per heavy atom. The lowest BCUT2D eigenvalue weighted by atomic mass is 9.95. The van der Waals surface area contributed by atoms with Crippen LogP contribution in [0.3, 0.4) is 0 Å². The molecule has 0 radical (unpaired) electrons. The molecule has 59 heavy (non-hydrogen) atoms. The lowest BCUT2D eigenvalue weighted by molar-refractivity contribution is 0.411. The number of nitrogens with zero attached hydrogens (tertiary/aromatic N) is 2. The molecule has 1 aliphatic rings. The zero-order valence-electron chi connectivity index (χ0n) is 31.8. The summed E-state index contributed by atoms with van der Waals surface area (Å²) in [5, 5.41) is 17.3. The third-order valence-electron chi connectivity index (χ3n) is 11.7. The standard InChI is InChI=1S/C53H36N4OS/c1-3-14-33(15-4-1)51-54-52(56-53(55-51)45-30-34-16-7-8-19-38(34)39-20-9-10-21-40(39)45)44-23-13-24-46-50(44)43-29-27-36(31-47(43)58-46)57(35-17-5-2-6-18-35)37-26-28-42-41-22-11-12-25-48(41)59-49(42)32-37/h1-32,51,53,55H,(H,54,56). The highest BCUT2D eigenvalue weighted by atomic mass is 32.1. The number of aliphatic imine (C=N–C) groups is 1. The van der Waals surface area contributed by atoms with Gasteiger partial charge in [-0.25, -0.2) is 4.99 Å². The van der Waals surface area contributed by atoms with Gasteiger partial charge < -0.3 is 14.6 Å². The molecule has 0 aliphatic carbocycles. The van der Waals surface area contributed by atoms with Crippen molar-refractivity contribution in [2.75, 3.05) is 4.90 Å². The molecule has 2 aromatic heterocycles. The van der Waals surface area contributed by atoms with Gasteiger partial charge in [0.15, 0.2) is 0 Å². The highest BCUT2D eigenvalue weighted by molar-refractivity contribution is 7.25. The highest BCUT2D eigenvalue weighted by Gasteiger charge is 2.29. The van der Waals surface area contributed by atoms with Gasteiger partial charge in [-0.1, -0.05) is 133 Å². The van der Waals surface area contributed by atoms with Crippen LogP contribution in [0, 0.1) is 0 Å². The molecular weight excluding hydrogens is 741 g/mol. The van der Waals surface area contributed by atoms with Crippen molar-refractivity contribution in [2.24, 2.45) is 4.99 Å². The second-order valence-corrected chi connectivity index (χ2v) is 16.3. The van der Waals surface area contributed by atoms with Gasteiger partial charge in [-0.15, -0.1) is 11.3 Å². The number of amidine groups is 1. The Bertz CT molecular complexity index is 3430. The number of benzene rings is 9. The SMILES string of the molecule is c1ccc(C2N=C(c3cccc4oc5cc(N(c6ccccc6)c6ccc7c(c6)sc6ccccc67)ccc5c34)NC(c3cc4ccccc4c4ccccc34)N2)cc1. The predicted octanol–water partition coefficient (Wildman–Crippen LogP) is 14.1. The zero-order valence-corrected chi connectivity index (χ0v) is 32.7. The number of rotatable bonds is 6. The summed E-state index contributed by atoms with van der Waals surface area (Å²) < 4.78 is 9.32. The average molecular weight is 777 g/mol. The van der Waals surface area contributed by atoms with Gasteiger partial charge >= 0.3 is 0 Å². The number of para-hydroxylation sites is 1. The normalized spacial score (nSPS) is 15.6. The van der Waals surface area contributed by atoms with Crippen LogP contribution in [0.4, 0.5) is 17.1 Å². The molecule has 5 nitrogen and oxygen atoms in total. The number of fused-ring (bicyclic) bond motifs is 9. The number of furan rings is 1. The van der Waals surface area contributed by atoms with E-state index in [-0.39, 0.29) is 12.3 Å². The first kappa shape index (κ1) is 33.8. The monoisotopic (exact) mass is 776 g/mol. The lowest BCUT2D eigenvalue weighted by Crippen LogP contribution is -2.45. The Balaban J connectivity index is 0.995. The molecule has 2 unspecified atom stereocenters. The first-order valence-corrected chi connectivity index (χ1v) is 20.8. The fraction of sp³-hybridized carbons (Fsp3) is 0.0377. The Morgan fingerprint density at radius 2 is 1.17 bits per heavy atom. The number of hydrogen-bond donors (Lipinski definition) is 2. The molecule has 0 bridgehead atoms. The molecule has 0 saturated carbocycles. The van der Waals surface area contributed by atoms with Crippen LogP contribution in [0.15, 0.2) is 204 Å². The van der Waals surface area contributed by atoms with Gasteiger partial charge in [0.2, 0.25) is 0 Å². The summed E-state index contributed by atoms with van der Waals surface area (Å²) in [6.45, 7) is 0. The van der Waals surface area contributed by atoms with E-state index in [1.807, 2.05) is 11.3 Å². The number of nitrogens with one attached hydrogen (secondary N) is 2. The second-order valence-electron chi connectivity index (χ2n) is 15.2. The lowest BCUT2D eigenvalue weighted by Gasteiger charge is -2.33. The van der Waals surface area contributed by atoms with Gasteiger partial charge in [-0.05, 0) is 87.3 Å². The molecular formula is C53H36N4OS. The summed E-state index contributed by atoms with van der Waals surface area (Å²) in [5.74, 6) is 0.819. The van der Waals surface area contributed by atoms with Crippen molar-refractivity contribution < 1.29 is 4.42 Å². The predicted molar refractivity (Wildman–Crippen MR) is 247 cm³/mol. The van der Waals surface area contributed by atoms with E-state index >= 15 is 0 Å². The molecule has 9 aromatic carbocycles. The van der Waals surface area contributed by atoms with Crippen molar-refractivity contribution in [1.82, 2.24) is 10.6 Å². The van der Waals surface area contributed by atoms with Crippen LogP contribution in [0.25, 0.3) is 63.7 Å². The van der Waals surface area contributed by atoms with E-state index in [1.165, 1.54) is 47.3 Å². The minimum absolute atomic E-state index is 0.222. The van der Waals surface area contributed by atoms with Gasteiger partial charge in [-0.2, -0.15) is 0 Å². The van der Waals surface area contributed by atoms with Crippen LogP contribution in [-0.2, 0) is 0 Å². The van der Waals surface area contributed by atoms with E-state index < -0.39 is 0 Å². The summed E-state index contributed by atoms with van der Waals surface area (Å²) in [6.07, 6.45) is -0.500. The topological polar surface area (TPSA) is 52.8 Å². The minimum atomic E-state index is -0.277. The van der Waals surface area contributed by atoms with E-state index in [2.05, 4.69) is 210 Å². The number of anilines is 3. The number of thiophene rings is 1. The molecule has 2 N–H and O–H groups in total. The fourth-order valence-electron chi connectivity index (χ4n) is 9.01. The van der Waals surface area contributed by atoms with Crippen LogP contribution in [0.2, 0.25) is 0 Å². The molecule has 0 saturated heterocycles. The third-order valence-corrected chi connectivity index (χ3v) is 12.9. The first-order valence-electron chi connectivity index (χ1n) is 20.0.